The third-order valence-electron chi connectivity index (χ3n) is 1.24. The quantitative estimate of drug-likeness (QED) is 0.746. The molecule has 1 heterocycles. The number of halogens is 1. The number of nitrogens with zero attached hydrogens (tertiary/aromatic N) is 3. The Hall–Kier alpha value is -1.17. The predicted molar refractivity (Wildman–Crippen MR) is 49.4 cm³/mol. The fourth-order valence-corrected chi connectivity index (χ4v) is 0.988. The summed E-state index contributed by atoms with van der Waals surface area (Å²) in [5.74, 6) is -0.491. The van der Waals surface area contributed by atoms with Crippen molar-refractivity contribution < 1.29 is 9.53 Å². The monoisotopic (exact) mass is 245 g/mol. The van der Waals surface area contributed by atoms with Gasteiger partial charge in [0, 0.05) is 4.48 Å². The second-order valence-corrected chi connectivity index (χ2v) is 3.40. The van der Waals surface area contributed by atoms with Crippen molar-refractivity contribution in [3.8, 4) is 0 Å². The van der Waals surface area contributed by atoms with E-state index in [1.807, 2.05) is 0 Å². The van der Waals surface area contributed by atoms with Crippen LogP contribution in [-0.2, 0) is 11.3 Å². The average Bonchev–Trinajstić information content (AvgIpc) is 2.50. The number of methoxy groups -OCH3 is 1. The van der Waals surface area contributed by atoms with E-state index in [9.17, 15) is 4.79 Å². The maximum atomic E-state index is 10.9. The summed E-state index contributed by atoms with van der Waals surface area (Å²) in [6, 6.07) is 0. The number of hydrogen-bond donors (Lipinski definition) is 0. The van der Waals surface area contributed by atoms with Gasteiger partial charge in [-0.2, -0.15) is 0 Å². The van der Waals surface area contributed by atoms with Gasteiger partial charge >= 0.3 is 5.97 Å². The van der Waals surface area contributed by atoms with Crippen LogP contribution in [0.1, 0.15) is 10.6 Å². The normalized spacial score (nSPS) is 9.69. The molecule has 0 aliphatic rings. The van der Waals surface area contributed by atoms with E-state index in [4.69, 9.17) is 0 Å². The smallest absolute Gasteiger partial charge is 0.377 e. The van der Waals surface area contributed by atoms with Gasteiger partial charge in [-0.1, -0.05) is 22.5 Å². The number of hydrogen-bond acceptors (Lipinski definition) is 4. The van der Waals surface area contributed by atoms with Gasteiger partial charge in [0.1, 0.15) is 6.33 Å². The van der Waals surface area contributed by atoms with Gasteiger partial charge in [0.05, 0.1) is 13.7 Å². The first-order chi connectivity index (χ1) is 6.13. The predicted octanol–water partition coefficient (Wildman–Crippen LogP) is 0.973. The van der Waals surface area contributed by atoms with Gasteiger partial charge in [-0.3, -0.25) is 0 Å². The highest BCUT2D eigenvalue weighted by Gasteiger charge is 2.10. The van der Waals surface area contributed by atoms with Crippen molar-refractivity contribution in [3.63, 3.8) is 0 Å². The maximum Gasteiger partial charge on any atom is 0.377 e. The summed E-state index contributed by atoms with van der Waals surface area (Å²) < 4.78 is 6.69. The SMILES string of the molecule is C=C(Br)Cn1cnc(C(=O)OC)n1. The van der Waals surface area contributed by atoms with Crippen LogP contribution in [0.25, 0.3) is 0 Å². The molecule has 0 unspecified atom stereocenters. The summed E-state index contributed by atoms with van der Waals surface area (Å²) in [5, 5.41) is 3.86. The average molecular weight is 246 g/mol. The Labute approximate surface area is 83.5 Å². The number of rotatable bonds is 3. The first-order valence-electron chi connectivity index (χ1n) is 3.44. The van der Waals surface area contributed by atoms with E-state index in [0.29, 0.717) is 6.54 Å². The van der Waals surface area contributed by atoms with Crippen LogP contribution >= 0.6 is 15.9 Å². The number of carbonyl (C=O) groups is 1. The first-order valence-corrected chi connectivity index (χ1v) is 4.24. The van der Waals surface area contributed by atoms with Gasteiger partial charge in [-0.25, -0.2) is 14.5 Å². The van der Waals surface area contributed by atoms with E-state index in [0.717, 1.165) is 4.48 Å². The molecule has 1 aromatic heterocycles. The summed E-state index contributed by atoms with van der Waals surface area (Å²) in [5.41, 5.74) is 0. The second-order valence-electron chi connectivity index (χ2n) is 2.27. The molecule has 1 aromatic rings. The highest BCUT2D eigenvalue weighted by atomic mass is 79.9. The van der Waals surface area contributed by atoms with Gasteiger partial charge in [-0.05, 0) is 0 Å². The lowest BCUT2D eigenvalue weighted by atomic mass is 10.6. The van der Waals surface area contributed by atoms with Crippen LogP contribution in [0.2, 0.25) is 0 Å². The van der Waals surface area contributed by atoms with E-state index in [2.05, 4.69) is 37.3 Å². The Morgan fingerprint density at radius 3 is 3.08 bits per heavy atom. The Kier molecular flexibility index (Phi) is 3.18. The molecule has 0 aliphatic heterocycles. The highest BCUT2D eigenvalue weighted by Crippen LogP contribution is 2.03. The van der Waals surface area contributed by atoms with Crippen LogP contribution in [0.5, 0.6) is 0 Å². The van der Waals surface area contributed by atoms with E-state index >= 15 is 0 Å². The fraction of sp³-hybridized carbons (Fsp3) is 0.286. The third-order valence-corrected chi connectivity index (χ3v) is 1.49. The van der Waals surface area contributed by atoms with Gasteiger partial charge in [-0.15, -0.1) is 5.10 Å². The molecule has 0 atom stereocenters. The van der Waals surface area contributed by atoms with Crippen molar-refractivity contribution >= 4 is 21.9 Å². The van der Waals surface area contributed by atoms with E-state index < -0.39 is 5.97 Å². The summed E-state index contributed by atoms with van der Waals surface area (Å²) in [6.07, 6.45) is 1.44. The minimum absolute atomic E-state index is 0.0521. The summed E-state index contributed by atoms with van der Waals surface area (Å²) >= 11 is 3.18. The van der Waals surface area contributed by atoms with Gasteiger partial charge in [0.15, 0.2) is 0 Å². The van der Waals surface area contributed by atoms with Crippen molar-refractivity contribution in [2.75, 3.05) is 7.11 Å². The number of ether oxygens (including phenoxy) is 1. The Morgan fingerprint density at radius 2 is 2.54 bits per heavy atom. The molecule has 0 amide bonds. The lowest BCUT2D eigenvalue weighted by molar-refractivity contribution is 0.0586. The van der Waals surface area contributed by atoms with Gasteiger partial charge in [0.25, 0.3) is 5.82 Å². The molecule has 5 nitrogen and oxygen atoms in total. The molecule has 0 aromatic carbocycles. The molecule has 13 heavy (non-hydrogen) atoms. The maximum absolute atomic E-state index is 10.9. The van der Waals surface area contributed by atoms with Crippen molar-refractivity contribution in [1.82, 2.24) is 14.8 Å². The molecule has 0 spiro atoms. The molecule has 0 N–H and O–H groups in total. The minimum Gasteiger partial charge on any atom is -0.463 e. The molecule has 6 heteroatoms. The summed E-state index contributed by atoms with van der Waals surface area (Å²) in [7, 11) is 1.28. The lowest BCUT2D eigenvalue weighted by Gasteiger charge is -1.95. The minimum atomic E-state index is -0.543. The lowest BCUT2D eigenvalue weighted by Crippen LogP contribution is -2.05. The standard InChI is InChI=1S/C7H8BrN3O2/c1-5(8)3-11-4-9-6(10-11)7(12)13-2/h4H,1,3H2,2H3. The molecule has 0 saturated carbocycles. The Balaban J connectivity index is 2.74. The van der Waals surface area contributed by atoms with E-state index in [-0.39, 0.29) is 5.82 Å². The Bertz CT molecular complexity index is 334. The fourth-order valence-electron chi connectivity index (χ4n) is 0.731. The van der Waals surface area contributed by atoms with Crippen LogP contribution in [0, 0.1) is 0 Å². The van der Waals surface area contributed by atoms with Crippen LogP contribution in [0.4, 0.5) is 0 Å². The van der Waals surface area contributed by atoms with Crippen LogP contribution < -0.4 is 0 Å². The van der Waals surface area contributed by atoms with Crippen LogP contribution in [0.15, 0.2) is 17.4 Å². The zero-order valence-corrected chi connectivity index (χ0v) is 8.61. The number of esters is 1. The number of allylic oxidation sites excluding steroid dienone is 1. The van der Waals surface area contributed by atoms with E-state index in [1.54, 1.807) is 0 Å². The molecule has 0 saturated heterocycles. The second kappa shape index (κ2) is 4.18. The molecule has 0 bridgehead atoms. The van der Waals surface area contributed by atoms with Crippen LogP contribution in [0.3, 0.4) is 0 Å². The van der Waals surface area contributed by atoms with Crippen molar-refractivity contribution in [1.29, 1.82) is 0 Å². The largest absolute Gasteiger partial charge is 0.463 e. The zero-order chi connectivity index (χ0) is 9.84. The molecule has 1 rings (SSSR count). The van der Waals surface area contributed by atoms with Gasteiger partial charge in [0.2, 0.25) is 0 Å². The van der Waals surface area contributed by atoms with Crippen molar-refractivity contribution in [3.05, 3.63) is 23.2 Å². The molecule has 0 radical (unpaired) electrons. The molecule has 0 aliphatic carbocycles. The molecule has 0 fully saturated rings. The number of aromatic nitrogens is 3. The van der Waals surface area contributed by atoms with Gasteiger partial charge < -0.3 is 4.74 Å². The topological polar surface area (TPSA) is 57.0 Å². The third kappa shape index (κ3) is 2.66. The van der Waals surface area contributed by atoms with Crippen LogP contribution in [-0.4, -0.2) is 27.8 Å². The zero-order valence-electron chi connectivity index (χ0n) is 7.03. The highest BCUT2D eigenvalue weighted by molar-refractivity contribution is 9.11. The van der Waals surface area contributed by atoms with E-state index in [1.165, 1.54) is 18.1 Å². The molecule has 70 valence electrons. The number of carbonyl (C=O) groups excluding carboxylic acids is 1. The molecular weight excluding hydrogens is 238 g/mol. The summed E-state index contributed by atoms with van der Waals surface area (Å²) in [4.78, 5) is 14.7. The Morgan fingerprint density at radius 1 is 1.85 bits per heavy atom. The summed E-state index contributed by atoms with van der Waals surface area (Å²) in [6.45, 7) is 4.11. The van der Waals surface area contributed by atoms with Crippen molar-refractivity contribution in [2.45, 2.75) is 6.54 Å². The van der Waals surface area contributed by atoms with Crippen molar-refractivity contribution in [2.24, 2.45) is 0 Å². The molecular formula is C7H8BrN3O2. The first kappa shape index (κ1) is 9.91.